The van der Waals surface area contributed by atoms with Crippen molar-refractivity contribution >= 4 is 0 Å². The lowest BCUT2D eigenvalue weighted by Gasteiger charge is -2.23. The van der Waals surface area contributed by atoms with Gasteiger partial charge in [-0.3, -0.25) is 0 Å². The molecule has 0 spiro atoms. The van der Waals surface area contributed by atoms with Crippen molar-refractivity contribution in [1.82, 2.24) is 4.98 Å². The maximum atomic E-state index is 5.17. The molecule has 0 bridgehead atoms. The summed E-state index contributed by atoms with van der Waals surface area (Å²) in [5.74, 6) is 0.671. The molecule has 3 rings (SSSR count). The third-order valence-electron chi connectivity index (χ3n) is 3.59. The van der Waals surface area contributed by atoms with E-state index in [0.717, 1.165) is 0 Å². The van der Waals surface area contributed by atoms with Gasteiger partial charge in [-0.25, -0.2) is 4.98 Å². The molecule has 1 aromatic carbocycles. The van der Waals surface area contributed by atoms with Gasteiger partial charge in [0.2, 0.25) is 5.88 Å². The van der Waals surface area contributed by atoms with Crippen molar-refractivity contribution in [2.24, 2.45) is 0 Å². The molecule has 2 aromatic rings. The molecular formula is C15H15NO. The summed E-state index contributed by atoms with van der Waals surface area (Å²) in [6.45, 7) is 2.21. The zero-order chi connectivity index (χ0) is 11.8. The van der Waals surface area contributed by atoms with Gasteiger partial charge in [0.05, 0.1) is 7.11 Å². The van der Waals surface area contributed by atoms with Crippen LogP contribution in [-0.4, -0.2) is 12.1 Å². The third kappa shape index (κ3) is 1.60. The van der Waals surface area contributed by atoms with Gasteiger partial charge in [-0.1, -0.05) is 12.1 Å². The fourth-order valence-electron chi connectivity index (χ4n) is 2.48. The van der Waals surface area contributed by atoms with Crippen LogP contribution in [0.1, 0.15) is 16.7 Å². The number of pyridine rings is 1. The highest BCUT2D eigenvalue weighted by Crippen LogP contribution is 2.34. The van der Waals surface area contributed by atoms with Crippen LogP contribution in [-0.2, 0) is 12.8 Å². The topological polar surface area (TPSA) is 22.1 Å². The first-order valence-electron chi connectivity index (χ1n) is 5.91. The second kappa shape index (κ2) is 3.88. The molecular weight excluding hydrogens is 210 g/mol. The summed E-state index contributed by atoms with van der Waals surface area (Å²) in [5.41, 5.74) is 6.92. The van der Waals surface area contributed by atoms with Crippen LogP contribution in [0.15, 0.2) is 30.5 Å². The van der Waals surface area contributed by atoms with Gasteiger partial charge < -0.3 is 4.74 Å². The van der Waals surface area contributed by atoms with E-state index in [-0.39, 0.29) is 0 Å². The third-order valence-corrected chi connectivity index (χ3v) is 3.59. The van der Waals surface area contributed by atoms with Crippen LogP contribution in [0.2, 0.25) is 0 Å². The zero-order valence-electron chi connectivity index (χ0n) is 10.2. The molecule has 0 aliphatic heterocycles. The number of aryl methyl sites for hydroxylation is 1. The summed E-state index contributed by atoms with van der Waals surface area (Å²) in [4.78, 5) is 4.14. The monoisotopic (exact) mass is 225 g/mol. The van der Waals surface area contributed by atoms with E-state index in [0.29, 0.717) is 5.88 Å². The predicted octanol–water partition coefficient (Wildman–Crippen LogP) is 3.16. The molecule has 86 valence electrons. The first-order chi connectivity index (χ1) is 8.29. The molecule has 0 saturated heterocycles. The van der Waals surface area contributed by atoms with Crippen LogP contribution >= 0.6 is 0 Å². The highest BCUT2D eigenvalue weighted by Gasteiger charge is 2.17. The molecule has 0 radical (unpaired) electrons. The maximum absolute atomic E-state index is 5.17. The smallest absolute Gasteiger partial charge is 0.213 e. The Morgan fingerprint density at radius 3 is 2.76 bits per heavy atom. The van der Waals surface area contributed by atoms with Gasteiger partial charge >= 0.3 is 0 Å². The number of methoxy groups -OCH3 is 1. The SMILES string of the molecule is COc1cc(-c2ccc3c(c2C)CC3)ccn1. The number of rotatable bonds is 2. The van der Waals surface area contributed by atoms with Crippen LogP contribution in [0.5, 0.6) is 5.88 Å². The fourth-order valence-corrected chi connectivity index (χ4v) is 2.48. The minimum atomic E-state index is 0.671. The number of aromatic nitrogens is 1. The van der Waals surface area contributed by atoms with Crippen LogP contribution in [0.3, 0.4) is 0 Å². The molecule has 0 fully saturated rings. The lowest BCUT2D eigenvalue weighted by atomic mass is 9.82. The lowest BCUT2D eigenvalue weighted by Crippen LogP contribution is -2.10. The minimum absolute atomic E-state index is 0.671. The van der Waals surface area contributed by atoms with Crippen molar-refractivity contribution in [3.63, 3.8) is 0 Å². The molecule has 1 aliphatic rings. The largest absolute Gasteiger partial charge is 0.481 e. The zero-order valence-corrected chi connectivity index (χ0v) is 10.2. The number of benzene rings is 1. The lowest BCUT2D eigenvalue weighted by molar-refractivity contribution is 0.398. The van der Waals surface area contributed by atoms with Crippen molar-refractivity contribution in [3.05, 3.63) is 47.2 Å². The van der Waals surface area contributed by atoms with E-state index in [1.165, 1.54) is 40.7 Å². The molecule has 17 heavy (non-hydrogen) atoms. The number of ether oxygens (including phenoxy) is 1. The van der Waals surface area contributed by atoms with Gasteiger partial charge in [0.25, 0.3) is 0 Å². The molecule has 0 saturated carbocycles. The van der Waals surface area contributed by atoms with Gasteiger partial charge in [-0.2, -0.15) is 0 Å². The minimum Gasteiger partial charge on any atom is -0.481 e. The maximum Gasteiger partial charge on any atom is 0.213 e. The standard InChI is InChI=1S/C15H15NO/c1-10-13-5-3-11(13)4-6-14(10)12-7-8-16-15(9-12)17-2/h4,6-9H,3,5H2,1-2H3. The van der Waals surface area contributed by atoms with Gasteiger partial charge in [0, 0.05) is 12.3 Å². The van der Waals surface area contributed by atoms with Gasteiger partial charge in [0.1, 0.15) is 0 Å². The molecule has 2 nitrogen and oxygen atoms in total. The number of fused-ring (bicyclic) bond motifs is 1. The Kier molecular flexibility index (Phi) is 2.36. The Labute approximate surface area is 101 Å². The predicted molar refractivity (Wildman–Crippen MR) is 68.4 cm³/mol. The number of hydrogen-bond acceptors (Lipinski definition) is 2. The molecule has 0 N–H and O–H groups in total. The van der Waals surface area contributed by atoms with Crippen molar-refractivity contribution in [2.45, 2.75) is 19.8 Å². The summed E-state index contributed by atoms with van der Waals surface area (Å²) in [6.07, 6.45) is 4.25. The van der Waals surface area contributed by atoms with Gasteiger partial charge in [-0.15, -0.1) is 0 Å². The average molecular weight is 225 g/mol. The molecule has 2 heteroatoms. The number of hydrogen-bond donors (Lipinski definition) is 0. The van der Waals surface area contributed by atoms with Crippen molar-refractivity contribution in [3.8, 4) is 17.0 Å². The molecule has 1 heterocycles. The van der Waals surface area contributed by atoms with E-state index in [2.05, 4.69) is 24.0 Å². The van der Waals surface area contributed by atoms with Crippen molar-refractivity contribution < 1.29 is 4.74 Å². The van der Waals surface area contributed by atoms with Crippen LogP contribution in [0, 0.1) is 6.92 Å². The number of nitrogens with zero attached hydrogens (tertiary/aromatic N) is 1. The van der Waals surface area contributed by atoms with Crippen LogP contribution in [0.4, 0.5) is 0 Å². The van der Waals surface area contributed by atoms with E-state index in [1.807, 2.05) is 12.1 Å². The second-order valence-corrected chi connectivity index (χ2v) is 4.46. The summed E-state index contributed by atoms with van der Waals surface area (Å²) in [7, 11) is 1.65. The van der Waals surface area contributed by atoms with Gasteiger partial charge in [0.15, 0.2) is 0 Å². The Balaban J connectivity index is 2.12. The second-order valence-electron chi connectivity index (χ2n) is 4.46. The van der Waals surface area contributed by atoms with E-state index in [1.54, 1.807) is 13.3 Å². The molecule has 1 aliphatic carbocycles. The van der Waals surface area contributed by atoms with Crippen molar-refractivity contribution in [2.75, 3.05) is 7.11 Å². The van der Waals surface area contributed by atoms with Crippen LogP contribution in [0.25, 0.3) is 11.1 Å². The molecule has 0 unspecified atom stereocenters. The fraction of sp³-hybridized carbons (Fsp3) is 0.267. The van der Waals surface area contributed by atoms with E-state index in [9.17, 15) is 0 Å². The highest BCUT2D eigenvalue weighted by atomic mass is 16.5. The van der Waals surface area contributed by atoms with E-state index < -0.39 is 0 Å². The Morgan fingerprint density at radius 1 is 1.18 bits per heavy atom. The van der Waals surface area contributed by atoms with E-state index in [4.69, 9.17) is 4.74 Å². The summed E-state index contributed by atoms with van der Waals surface area (Å²) in [6, 6.07) is 8.49. The Morgan fingerprint density at radius 2 is 2.06 bits per heavy atom. The normalized spacial score (nSPS) is 12.8. The summed E-state index contributed by atoms with van der Waals surface area (Å²) < 4.78 is 5.17. The first-order valence-corrected chi connectivity index (χ1v) is 5.91. The Hall–Kier alpha value is -1.83. The Bertz CT molecular complexity index is 575. The van der Waals surface area contributed by atoms with Gasteiger partial charge in [-0.05, 0) is 53.6 Å². The quantitative estimate of drug-likeness (QED) is 0.783. The summed E-state index contributed by atoms with van der Waals surface area (Å²) in [5, 5.41) is 0. The summed E-state index contributed by atoms with van der Waals surface area (Å²) >= 11 is 0. The molecule has 0 atom stereocenters. The molecule has 0 amide bonds. The molecule has 1 aromatic heterocycles. The van der Waals surface area contributed by atoms with Crippen molar-refractivity contribution in [1.29, 1.82) is 0 Å². The first kappa shape index (κ1) is 10.3. The average Bonchev–Trinajstić information content (AvgIpc) is 2.31. The van der Waals surface area contributed by atoms with E-state index >= 15 is 0 Å². The van der Waals surface area contributed by atoms with Crippen LogP contribution < -0.4 is 4.74 Å². The highest BCUT2D eigenvalue weighted by molar-refractivity contribution is 5.70.